The summed E-state index contributed by atoms with van der Waals surface area (Å²) in [5.74, 6) is -4.07. The lowest BCUT2D eigenvalue weighted by Crippen LogP contribution is -2.46. The van der Waals surface area contributed by atoms with Crippen LogP contribution in [0.15, 0.2) is 18.2 Å². The summed E-state index contributed by atoms with van der Waals surface area (Å²) < 4.78 is 31.4. The van der Waals surface area contributed by atoms with Crippen LogP contribution in [0.4, 0.5) is 19.3 Å². The van der Waals surface area contributed by atoms with E-state index in [2.05, 4.69) is 10.6 Å². The summed E-state index contributed by atoms with van der Waals surface area (Å²) in [7, 11) is 0. The van der Waals surface area contributed by atoms with Gasteiger partial charge in [-0.2, -0.15) is 0 Å². The van der Waals surface area contributed by atoms with Crippen LogP contribution in [0.2, 0.25) is 0 Å². The molecule has 3 rings (SSSR count). The first-order chi connectivity index (χ1) is 13.1. The van der Waals surface area contributed by atoms with E-state index in [0.29, 0.717) is 6.07 Å². The van der Waals surface area contributed by atoms with E-state index in [1.807, 2.05) is 0 Å². The maximum atomic E-state index is 13.6. The number of benzene rings is 1. The zero-order valence-corrected chi connectivity index (χ0v) is 15.3. The molecule has 1 heterocycles. The van der Waals surface area contributed by atoms with Gasteiger partial charge in [-0.15, -0.1) is 0 Å². The highest BCUT2D eigenvalue weighted by Crippen LogP contribution is 2.42. The number of nitrogens with one attached hydrogen (secondary N) is 2. The van der Waals surface area contributed by atoms with Gasteiger partial charge in [0.1, 0.15) is 23.7 Å². The third kappa shape index (κ3) is 3.80. The first-order valence-electron chi connectivity index (χ1n) is 8.71. The summed E-state index contributed by atoms with van der Waals surface area (Å²) >= 11 is 0. The van der Waals surface area contributed by atoms with Gasteiger partial charge in [0.2, 0.25) is 0 Å². The van der Waals surface area contributed by atoms with Gasteiger partial charge in [0.15, 0.2) is 6.10 Å². The fourth-order valence-electron chi connectivity index (χ4n) is 3.04. The van der Waals surface area contributed by atoms with E-state index in [9.17, 15) is 28.0 Å². The minimum absolute atomic E-state index is 0.0419. The molecule has 0 unspecified atom stereocenters. The largest absolute Gasteiger partial charge is 0.451 e. The summed E-state index contributed by atoms with van der Waals surface area (Å²) in [5, 5.41) is 4.77. The molecular formula is C18H19F2N3O5. The maximum absolute atomic E-state index is 13.6. The third-order valence-corrected chi connectivity index (χ3v) is 4.85. The number of rotatable bonds is 6. The molecule has 1 aromatic carbocycles. The maximum Gasteiger partial charge on any atom is 0.327 e. The van der Waals surface area contributed by atoms with Crippen molar-refractivity contribution in [3.05, 3.63) is 29.8 Å². The number of nitrogens with zero attached hydrogens (tertiary/aromatic N) is 1. The van der Waals surface area contributed by atoms with Gasteiger partial charge in [-0.25, -0.2) is 13.6 Å². The fourth-order valence-corrected chi connectivity index (χ4v) is 3.04. The number of imide groups is 1. The zero-order chi connectivity index (χ0) is 20.6. The minimum atomic E-state index is -1.33. The van der Waals surface area contributed by atoms with Gasteiger partial charge in [0, 0.05) is 6.07 Å². The first-order valence-corrected chi connectivity index (χ1v) is 8.71. The molecule has 1 saturated heterocycles. The zero-order valence-electron chi connectivity index (χ0n) is 15.3. The molecule has 2 fully saturated rings. The minimum Gasteiger partial charge on any atom is -0.451 e. The monoisotopic (exact) mass is 395 g/mol. The summed E-state index contributed by atoms with van der Waals surface area (Å²) in [4.78, 5) is 49.4. The van der Waals surface area contributed by atoms with Gasteiger partial charge in [0.25, 0.3) is 11.8 Å². The van der Waals surface area contributed by atoms with Gasteiger partial charge < -0.3 is 15.4 Å². The molecule has 2 atom stereocenters. The van der Waals surface area contributed by atoms with Gasteiger partial charge in [-0.05, 0) is 44.7 Å². The van der Waals surface area contributed by atoms with Crippen LogP contribution >= 0.6 is 0 Å². The van der Waals surface area contributed by atoms with Crippen LogP contribution in [0, 0.1) is 17.6 Å². The van der Waals surface area contributed by atoms with E-state index >= 15 is 0 Å². The highest BCUT2D eigenvalue weighted by Gasteiger charge is 2.56. The molecular weight excluding hydrogens is 376 g/mol. The summed E-state index contributed by atoms with van der Waals surface area (Å²) in [6, 6.07) is 1.90. The van der Waals surface area contributed by atoms with Gasteiger partial charge in [-0.3, -0.25) is 19.3 Å². The Hall–Kier alpha value is -3.04. The Kier molecular flexibility index (Phi) is 5.05. The molecule has 1 aromatic rings. The van der Waals surface area contributed by atoms with E-state index in [0.717, 1.165) is 29.9 Å². The predicted molar refractivity (Wildman–Crippen MR) is 91.9 cm³/mol. The number of amides is 4. The predicted octanol–water partition coefficient (Wildman–Crippen LogP) is 1.56. The van der Waals surface area contributed by atoms with Crippen LogP contribution in [0.1, 0.15) is 26.7 Å². The normalized spacial score (nSPS) is 22.6. The topological polar surface area (TPSA) is 105 Å². The second-order valence-corrected chi connectivity index (χ2v) is 7.04. The molecule has 0 radical (unpaired) electrons. The lowest BCUT2D eigenvalue weighted by molar-refractivity contribution is -0.155. The van der Waals surface area contributed by atoms with Crippen LogP contribution in [0.25, 0.3) is 0 Å². The molecule has 28 heavy (non-hydrogen) atoms. The third-order valence-electron chi connectivity index (χ3n) is 4.85. The SMILES string of the molecule is C[C@@H](OC(=O)CN1C(=O)N[C@](C)(C2CC2)C1=O)C(=O)Nc1ccc(F)cc1F. The van der Waals surface area contributed by atoms with Gasteiger partial charge in [0.05, 0.1) is 5.69 Å². The number of esters is 1. The Balaban J connectivity index is 1.56. The number of anilines is 1. The highest BCUT2D eigenvalue weighted by molar-refractivity contribution is 6.09. The Morgan fingerprint density at radius 1 is 1.36 bits per heavy atom. The number of hydrogen-bond acceptors (Lipinski definition) is 5. The van der Waals surface area contributed by atoms with E-state index in [1.165, 1.54) is 6.92 Å². The van der Waals surface area contributed by atoms with Crippen molar-refractivity contribution >= 4 is 29.5 Å². The molecule has 8 nitrogen and oxygen atoms in total. The average Bonchev–Trinajstić information content (AvgIpc) is 3.43. The fraction of sp³-hybridized carbons (Fsp3) is 0.444. The number of carbonyl (C=O) groups excluding carboxylic acids is 4. The van der Waals surface area contributed by atoms with Crippen LogP contribution < -0.4 is 10.6 Å². The van der Waals surface area contributed by atoms with Crippen molar-refractivity contribution in [3.63, 3.8) is 0 Å². The van der Waals surface area contributed by atoms with Crippen LogP contribution in [0.5, 0.6) is 0 Å². The summed E-state index contributed by atoms with van der Waals surface area (Å²) in [6.07, 6.45) is 0.308. The lowest BCUT2D eigenvalue weighted by Gasteiger charge is -2.21. The van der Waals surface area contributed by atoms with Crippen molar-refractivity contribution in [1.29, 1.82) is 0 Å². The van der Waals surface area contributed by atoms with E-state index in [1.54, 1.807) is 6.92 Å². The van der Waals surface area contributed by atoms with Crippen LogP contribution in [-0.2, 0) is 19.1 Å². The molecule has 0 bridgehead atoms. The second kappa shape index (κ2) is 7.17. The molecule has 4 amide bonds. The number of ether oxygens (including phenoxy) is 1. The van der Waals surface area contributed by atoms with Crippen LogP contribution in [-0.4, -0.2) is 46.9 Å². The Morgan fingerprint density at radius 3 is 2.64 bits per heavy atom. The highest BCUT2D eigenvalue weighted by atomic mass is 19.1. The first kappa shape index (κ1) is 19.7. The molecule has 0 aromatic heterocycles. The van der Waals surface area contributed by atoms with Crippen molar-refractivity contribution in [1.82, 2.24) is 10.2 Å². The molecule has 2 aliphatic rings. The molecule has 150 valence electrons. The molecule has 10 heteroatoms. The Morgan fingerprint density at radius 2 is 2.04 bits per heavy atom. The van der Waals surface area contributed by atoms with Crippen molar-refractivity contribution < 1.29 is 32.7 Å². The molecule has 1 aliphatic heterocycles. The quantitative estimate of drug-likeness (QED) is 0.562. The number of hydrogen-bond donors (Lipinski definition) is 2. The summed E-state index contributed by atoms with van der Waals surface area (Å²) in [5.41, 5.74) is -1.30. The van der Waals surface area contributed by atoms with Gasteiger partial charge in [-0.1, -0.05) is 0 Å². The molecule has 1 saturated carbocycles. The van der Waals surface area contributed by atoms with Crippen molar-refractivity contribution in [2.24, 2.45) is 5.92 Å². The lowest BCUT2D eigenvalue weighted by atomic mass is 9.96. The van der Waals surface area contributed by atoms with E-state index in [-0.39, 0.29) is 11.6 Å². The van der Waals surface area contributed by atoms with E-state index < -0.39 is 53.6 Å². The Labute approximate surface area is 159 Å². The molecule has 1 aliphatic carbocycles. The van der Waals surface area contributed by atoms with Gasteiger partial charge >= 0.3 is 12.0 Å². The number of carbonyl (C=O) groups is 4. The average molecular weight is 395 g/mol. The number of halogens is 2. The summed E-state index contributed by atoms with van der Waals surface area (Å²) in [6.45, 7) is 2.22. The number of urea groups is 1. The molecule has 2 N–H and O–H groups in total. The standard InChI is InChI=1S/C18H19F2N3O5/c1-9(15(25)21-13-6-5-11(19)7-12(13)20)28-14(24)8-23-16(26)18(2,10-3-4-10)22-17(23)27/h5-7,9-10H,3-4,8H2,1-2H3,(H,21,25)(H,22,27)/t9-,18-/m1/s1. The second-order valence-electron chi connectivity index (χ2n) is 7.04. The van der Waals surface area contributed by atoms with Crippen LogP contribution in [0.3, 0.4) is 0 Å². The smallest absolute Gasteiger partial charge is 0.327 e. The van der Waals surface area contributed by atoms with Crippen molar-refractivity contribution in [3.8, 4) is 0 Å². The molecule has 0 spiro atoms. The van der Waals surface area contributed by atoms with Crippen molar-refractivity contribution in [2.75, 3.05) is 11.9 Å². The van der Waals surface area contributed by atoms with Crippen molar-refractivity contribution in [2.45, 2.75) is 38.3 Å². The van der Waals surface area contributed by atoms with E-state index in [4.69, 9.17) is 4.74 Å². The Bertz CT molecular complexity index is 858.